The molecular formula is C37H54ClFN6O4Si. The van der Waals surface area contributed by atoms with E-state index in [0.29, 0.717) is 43.0 Å². The van der Waals surface area contributed by atoms with Crippen LogP contribution < -0.4 is 10.6 Å². The topological polar surface area (TPSA) is 103 Å². The molecule has 2 atom stereocenters. The van der Waals surface area contributed by atoms with E-state index >= 15 is 4.39 Å². The highest BCUT2D eigenvalue weighted by molar-refractivity contribution is 6.74. The van der Waals surface area contributed by atoms with Gasteiger partial charge in [0.1, 0.15) is 11.4 Å². The minimum absolute atomic E-state index is 0.0389. The molecule has 10 nitrogen and oxygen atoms in total. The summed E-state index contributed by atoms with van der Waals surface area (Å²) in [6.45, 7) is 26.0. The molecule has 4 heterocycles. The SMILES string of the molecule is CC(C)c1nccc(CC2(CO[Si](C)(C)C(C)(C)C)CC2)c1-n1c(=O)nc(N2C[C@@H](C)N(C(=O)OC(C)(C)C)C[C@@H]2C)c2cc(F)c(Cl)nc21. The third-order valence-electron chi connectivity index (χ3n) is 10.5. The van der Waals surface area contributed by atoms with Crippen molar-refractivity contribution in [1.29, 1.82) is 0 Å². The number of carbonyl (C=O) groups excluding carboxylic acids is 1. The van der Waals surface area contributed by atoms with Crippen LogP contribution in [-0.4, -0.2) is 76.2 Å². The second-order valence-corrected chi connectivity index (χ2v) is 22.4. The Morgan fingerprint density at radius 3 is 2.34 bits per heavy atom. The lowest BCUT2D eigenvalue weighted by Gasteiger charge is -2.44. The molecule has 274 valence electrons. The monoisotopic (exact) mass is 728 g/mol. The van der Waals surface area contributed by atoms with Gasteiger partial charge in [-0.05, 0) is 101 Å². The molecule has 1 amide bonds. The molecule has 5 rings (SSSR count). The summed E-state index contributed by atoms with van der Waals surface area (Å²) in [5.41, 5.74) is 1.23. The number of halogens is 2. The smallest absolute Gasteiger partial charge is 0.410 e. The van der Waals surface area contributed by atoms with Crippen molar-refractivity contribution in [2.45, 2.75) is 130 Å². The maximum Gasteiger partial charge on any atom is 0.410 e. The van der Waals surface area contributed by atoms with E-state index in [2.05, 4.69) is 43.8 Å². The van der Waals surface area contributed by atoms with Crippen LogP contribution in [0, 0.1) is 11.2 Å². The second-order valence-electron chi connectivity index (χ2n) is 17.3. The Kier molecular flexibility index (Phi) is 10.3. The molecule has 3 aromatic heterocycles. The molecule has 13 heteroatoms. The Labute approximate surface area is 301 Å². The van der Waals surface area contributed by atoms with Crippen LogP contribution in [0.2, 0.25) is 23.3 Å². The number of rotatable bonds is 8. The summed E-state index contributed by atoms with van der Waals surface area (Å²) < 4.78 is 29.1. The van der Waals surface area contributed by atoms with Gasteiger partial charge in [0.2, 0.25) is 0 Å². The van der Waals surface area contributed by atoms with Gasteiger partial charge >= 0.3 is 11.8 Å². The summed E-state index contributed by atoms with van der Waals surface area (Å²) in [7, 11) is -1.98. The van der Waals surface area contributed by atoms with E-state index in [9.17, 15) is 9.59 Å². The Hall–Kier alpha value is -3.09. The zero-order valence-corrected chi connectivity index (χ0v) is 33.5. The van der Waals surface area contributed by atoms with Crippen LogP contribution in [0.3, 0.4) is 0 Å². The first kappa shape index (κ1) is 38.1. The summed E-state index contributed by atoms with van der Waals surface area (Å²) in [4.78, 5) is 45.0. The molecule has 1 saturated heterocycles. The third-order valence-corrected chi connectivity index (χ3v) is 15.3. The molecule has 50 heavy (non-hydrogen) atoms. The van der Waals surface area contributed by atoms with Crippen molar-refractivity contribution in [3.8, 4) is 5.69 Å². The van der Waals surface area contributed by atoms with E-state index in [0.717, 1.165) is 24.1 Å². The van der Waals surface area contributed by atoms with Crippen LogP contribution >= 0.6 is 11.6 Å². The minimum atomic E-state index is -1.98. The van der Waals surface area contributed by atoms with Crippen LogP contribution in [0.1, 0.15) is 99.3 Å². The Morgan fingerprint density at radius 2 is 1.76 bits per heavy atom. The van der Waals surface area contributed by atoms with E-state index in [4.69, 9.17) is 25.7 Å². The molecule has 0 bridgehead atoms. The maximum absolute atomic E-state index is 15.3. The van der Waals surface area contributed by atoms with Crippen LogP contribution in [0.4, 0.5) is 15.0 Å². The number of pyridine rings is 2. The fourth-order valence-corrected chi connectivity index (χ4v) is 7.57. The standard InChI is InChI=1S/C37H54ClFN6O4Si/c1-22(2)28-29(25(13-16-40-28)18-37(14-15-37)21-48-50(11,12)36(8,9)10)45-32-26(17-27(39)30(38)41-32)31(42-33(45)46)43-19-24(4)44(20-23(43)3)34(47)49-35(5,6)7/h13,16-17,22-24H,14-15,18-21H2,1-12H3/t23-,24+/m0/s1. The Morgan fingerprint density at radius 1 is 1.10 bits per heavy atom. The predicted molar refractivity (Wildman–Crippen MR) is 200 cm³/mol. The largest absolute Gasteiger partial charge is 0.444 e. The van der Waals surface area contributed by atoms with Crippen molar-refractivity contribution < 1.29 is 18.3 Å². The average molecular weight is 729 g/mol. The van der Waals surface area contributed by atoms with E-state index in [1.807, 2.05) is 59.4 Å². The van der Waals surface area contributed by atoms with Crippen molar-refractivity contribution in [3.05, 3.63) is 51.0 Å². The van der Waals surface area contributed by atoms with Gasteiger partial charge in [-0.25, -0.2) is 23.5 Å². The molecule has 1 aliphatic heterocycles. The average Bonchev–Trinajstić information content (AvgIpc) is 3.76. The summed E-state index contributed by atoms with van der Waals surface area (Å²) in [5.74, 6) is -0.455. The van der Waals surface area contributed by atoms with E-state index in [1.54, 1.807) is 11.1 Å². The van der Waals surface area contributed by atoms with Gasteiger partial charge in [-0.15, -0.1) is 0 Å². The molecule has 0 unspecified atom stereocenters. The summed E-state index contributed by atoms with van der Waals surface area (Å²) in [5, 5.41) is 0.105. The number of amides is 1. The number of piperazine rings is 1. The van der Waals surface area contributed by atoms with Gasteiger partial charge in [-0.3, -0.25) is 4.98 Å². The maximum atomic E-state index is 15.3. The molecule has 2 aliphatic rings. The minimum Gasteiger partial charge on any atom is -0.444 e. The van der Waals surface area contributed by atoms with Gasteiger partial charge < -0.3 is 19.0 Å². The van der Waals surface area contributed by atoms with Crippen molar-refractivity contribution in [2.24, 2.45) is 5.41 Å². The van der Waals surface area contributed by atoms with Crippen LogP contribution in [0.25, 0.3) is 16.7 Å². The van der Waals surface area contributed by atoms with Gasteiger partial charge in [-0.2, -0.15) is 4.98 Å². The number of anilines is 1. The first-order valence-corrected chi connectivity index (χ1v) is 21.0. The molecule has 0 aromatic carbocycles. The predicted octanol–water partition coefficient (Wildman–Crippen LogP) is 8.27. The molecule has 1 saturated carbocycles. The van der Waals surface area contributed by atoms with E-state index in [1.165, 1.54) is 10.6 Å². The molecule has 0 spiro atoms. The van der Waals surface area contributed by atoms with Gasteiger partial charge in [0.05, 0.1) is 16.8 Å². The highest BCUT2D eigenvalue weighted by Crippen LogP contribution is 2.51. The molecule has 1 aliphatic carbocycles. The fourth-order valence-electron chi connectivity index (χ4n) is 6.34. The third kappa shape index (κ3) is 7.72. The number of aromatic nitrogens is 4. The molecular weight excluding hydrogens is 675 g/mol. The normalized spacial score (nSPS) is 19.7. The van der Waals surface area contributed by atoms with Crippen molar-refractivity contribution >= 4 is 42.9 Å². The molecule has 0 radical (unpaired) electrons. The number of ether oxygens (including phenoxy) is 1. The number of carbonyl (C=O) groups is 1. The van der Waals surface area contributed by atoms with Crippen LogP contribution in [0.5, 0.6) is 0 Å². The summed E-state index contributed by atoms with van der Waals surface area (Å²) in [6.07, 6.45) is 4.12. The van der Waals surface area contributed by atoms with Crippen molar-refractivity contribution in [1.82, 2.24) is 24.4 Å². The second kappa shape index (κ2) is 13.5. The van der Waals surface area contributed by atoms with E-state index in [-0.39, 0.29) is 39.3 Å². The first-order valence-electron chi connectivity index (χ1n) is 17.7. The highest BCUT2D eigenvalue weighted by Gasteiger charge is 2.47. The number of nitrogens with zero attached hydrogens (tertiary/aromatic N) is 6. The van der Waals surface area contributed by atoms with Crippen molar-refractivity contribution in [3.63, 3.8) is 0 Å². The summed E-state index contributed by atoms with van der Waals surface area (Å²) in [6, 6.07) is 2.73. The fraction of sp³-hybridized carbons (Fsp3) is 0.649. The number of hydrogen-bond acceptors (Lipinski definition) is 8. The lowest BCUT2D eigenvalue weighted by atomic mass is 9.94. The molecule has 0 N–H and O–H groups in total. The quantitative estimate of drug-likeness (QED) is 0.169. The highest BCUT2D eigenvalue weighted by atomic mass is 35.5. The zero-order valence-electron chi connectivity index (χ0n) is 31.8. The zero-order chi connectivity index (χ0) is 37.1. The van der Waals surface area contributed by atoms with Gasteiger partial charge in [-0.1, -0.05) is 46.2 Å². The first-order chi connectivity index (χ1) is 23.0. The Balaban J connectivity index is 1.61. The number of fused-ring (bicyclic) bond motifs is 1. The lowest BCUT2D eigenvalue weighted by Crippen LogP contribution is -2.59. The van der Waals surface area contributed by atoms with E-state index < -0.39 is 31.5 Å². The Bertz CT molecular complexity index is 1830. The molecule has 2 fully saturated rings. The molecule has 3 aromatic rings. The van der Waals surface area contributed by atoms with Crippen molar-refractivity contribution in [2.75, 3.05) is 24.6 Å². The van der Waals surface area contributed by atoms with Gasteiger partial charge in [0.15, 0.2) is 24.9 Å². The summed E-state index contributed by atoms with van der Waals surface area (Å²) >= 11 is 6.35. The van der Waals surface area contributed by atoms with Crippen LogP contribution in [-0.2, 0) is 15.6 Å². The van der Waals surface area contributed by atoms with Gasteiger partial charge in [0.25, 0.3) is 0 Å². The van der Waals surface area contributed by atoms with Gasteiger partial charge in [0, 0.05) is 38.0 Å². The van der Waals surface area contributed by atoms with Crippen LogP contribution in [0.15, 0.2) is 23.1 Å². The number of hydrogen-bond donors (Lipinski definition) is 0. The lowest BCUT2D eigenvalue weighted by molar-refractivity contribution is 0.0130.